The van der Waals surface area contributed by atoms with Crippen LogP contribution in [0.5, 0.6) is 0 Å². The maximum Gasteiger partial charge on any atom is 0.276 e. The quantitative estimate of drug-likeness (QED) is 0.843. The molecule has 110 valence electrons. The van der Waals surface area contributed by atoms with Gasteiger partial charge in [0.15, 0.2) is 0 Å². The van der Waals surface area contributed by atoms with E-state index >= 15 is 0 Å². The Morgan fingerprint density at radius 2 is 2.05 bits per heavy atom. The Balaban J connectivity index is 2.21. The van der Waals surface area contributed by atoms with Gasteiger partial charge in [-0.25, -0.2) is 8.42 Å². The number of sulfonamides is 1. The van der Waals surface area contributed by atoms with Crippen molar-refractivity contribution in [2.45, 2.75) is 25.1 Å². The lowest BCUT2D eigenvalue weighted by atomic mass is 10.4. The van der Waals surface area contributed by atoms with Gasteiger partial charge in [-0.05, 0) is 31.3 Å². The molecule has 2 aromatic heterocycles. The summed E-state index contributed by atoms with van der Waals surface area (Å²) < 4.78 is 36.8. The van der Waals surface area contributed by atoms with Gasteiger partial charge in [0.2, 0.25) is 5.09 Å². The molecule has 0 aliphatic heterocycles. The average Bonchev–Trinajstić information content (AvgIpc) is 3.07. The maximum atomic E-state index is 12.5. The highest BCUT2D eigenvalue weighted by Crippen LogP contribution is 2.20. The lowest BCUT2D eigenvalue weighted by Crippen LogP contribution is -2.30. The summed E-state index contributed by atoms with van der Waals surface area (Å²) in [5, 5.41) is 2.87. The SMILES string of the molecule is CCN(Cc1ccco1)S(=O)(=O)c1ccc(CNC)o1. The number of hydrogen-bond acceptors (Lipinski definition) is 5. The van der Waals surface area contributed by atoms with Gasteiger partial charge >= 0.3 is 0 Å². The number of furan rings is 2. The Bertz CT molecular complexity index is 631. The van der Waals surface area contributed by atoms with E-state index in [1.807, 2.05) is 0 Å². The highest BCUT2D eigenvalue weighted by Gasteiger charge is 2.27. The Hall–Kier alpha value is -1.57. The van der Waals surface area contributed by atoms with Gasteiger partial charge in [0.25, 0.3) is 10.0 Å². The third kappa shape index (κ3) is 3.12. The lowest BCUT2D eigenvalue weighted by molar-refractivity contribution is 0.348. The third-order valence-electron chi connectivity index (χ3n) is 2.85. The van der Waals surface area contributed by atoms with Crippen molar-refractivity contribution in [1.29, 1.82) is 0 Å². The molecule has 0 amide bonds. The van der Waals surface area contributed by atoms with E-state index in [4.69, 9.17) is 8.83 Å². The fourth-order valence-electron chi connectivity index (χ4n) is 1.84. The topological polar surface area (TPSA) is 75.7 Å². The van der Waals surface area contributed by atoms with Crippen molar-refractivity contribution >= 4 is 10.0 Å². The number of nitrogens with zero attached hydrogens (tertiary/aromatic N) is 1. The van der Waals surface area contributed by atoms with E-state index in [0.29, 0.717) is 24.6 Å². The number of rotatable bonds is 7. The first-order valence-corrected chi connectivity index (χ1v) is 7.77. The molecule has 0 fully saturated rings. The van der Waals surface area contributed by atoms with E-state index < -0.39 is 10.0 Å². The van der Waals surface area contributed by atoms with Gasteiger partial charge in [-0.2, -0.15) is 4.31 Å². The molecule has 0 aliphatic rings. The molecule has 0 bridgehead atoms. The van der Waals surface area contributed by atoms with Crippen LogP contribution >= 0.6 is 0 Å². The number of nitrogens with one attached hydrogen (secondary N) is 1. The molecule has 20 heavy (non-hydrogen) atoms. The smallest absolute Gasteiger partial charge is 0.276 e. The molecule has 2 heterocycles. The molecular weight excluding hydrogens is 280 g/mol. The number of hydrogen-bond donors (Lipinski definition) is 1. The molecule has 0 aromatic carbocycles. The van der Waals surface area contributed by atoms with E-state index in [2.05, 4.69) is 5.32 Å². The van der Waals surface area contributed by atoms with E-state index in [-0.39, 0.29) is 11.6 Å². The van der Waals surface area contributed by atoms with Crippen LogP contribution in [0.3, 0.4) is 0 Å². The molecule has 0 atom stereocenters. The Morgan fingerprint density at radius 1 is 1.25 bits per heavy atom. The Morgan fingerprint density at radius 3 is 2.65 bits per heavy atom. The summed E-state index contributed by atoms with van der Waals surface area (Å²) in [6, 6.07) is 6.61. The second-order valence-electron chi connectivity index (χ2n) is 4.26. The monoisotopic (exact) mass is 298 g/mol. The van der Waals surface area contributed by atoms with Crippen molar-refractivity contribution in [3.05, 3.63) is 42.0 Å². The van der Waals surface area contributed by atoms with Gasteiger partial charge in [0, 0.05) is 6.54 Å². The van der Waals surface area contributed by atoms with Crippen LogP contribution < -0.4 is 5.32 Å². The van der Waals surface area contributed by atoms with Gasteiger partial charge in [-0.3, -0.25) is 0 Å². The van der Waals surface area contributed by atoms with E-state index in [0.717, 1.165) is 0 Å². The Labute approximate surface area is 118 Å². The molecule has 0 saturated carbocycles. The van der Waals surface area contributed by atoms with Gasteiger partial charge < -0.3 is 14.2 Å². The molecule has 2 rings (SSSR count). The standard InChI is InChI=1S/C13H18N2O4S/c1-3-15(10-12-5-4-8-18-12)20(16,17)13-7-6-11(19-13)9-14-2/h4-8,14H,3,9-10H2,1-2H3. The molecule has 1 N–H and O–H groups in total. The molecular formula is C13H18N2O4S. The highest BCUT2D eigenvalue weighted by molar-refractivity contribution is 7.89. The van der Waals surface area contributed by atoms with E-state index in [1.54, 1.807) is 32.2 Å². The van der Waals surface area contributed by atoms with Crippen molar-refractivity contribution in [3.8, 4) is 0 Å². The van der Waals surface area contributed by atoms with Crippen molar-refractivity contribution in [3.63, 3.8) is 0 Å². The molecule has 7 heteroatoms. The van der Waals surface area contributed by atoms with Crippen LogP contribution in [0.25, 0.3) is 0 Å². The zero-order valence-corrected chi connectivity index (χ0v) is 12.3. The van der Waals surface area contributed by atoms with Gasteiger partial charge in [-0.15, -0.1) is 0 Å². The molecule has 6 nitrogen and oxygen atoms in total. The van der Waals surface area contributed by atoms with Gasteiger partial charge in [0.05, 0.1) is 19.4 Å². The predicted molar refractivity (Wildman–Crippen MR) is 73.4 cm³/mol. The summed E-state index contributed by atoms with van der Waals surface area (Å²) in [6.45, 7) is 2.79. The molecule has 2 aromatic rings. The van der Waals surface area contributed by atoms with Crippen LogP contribution in [0.2, 0.25) is 0 Å². The first kappa shape index (κ1) is 14.8. The van der Waals surface area contributed by atoms with Crippen molar-refractivity contribution in [2.24, 2.45) is 0 Å². The second-order valence-corrected chi connectivity index (χ2v) is 6.13. The largest absolute Gasteiger partial charge is 0.468 e. The van der Waals surface area contributed by atoms with Gasteiger partial charge in [-0.1, -0.05) is 6.92 Å². The fraction of sp³-hybridized carbons (Fsp3) is 0.385. The normalized spacial score (nSPS) is 12.2. The van der Waals surface area contributed by atoms with Crippen LogP contribution in [0.4, 0.5) is 0 Å². The molecule has 0 aliphatic carbocycles. The minimum absolute atomic E-state index is 0.0452. The van der Waals surface area contributed by atoms with E-state index in [9.17, 15) is 8.42 Å². The summed E-state index contributed by atoms with van der Waals surface area (Å²) in [6.07, 6.45) is 1.52. The first-order valence-electron chi connectivity index (χ1n) is 6.33. The van der Waals surface area contributed by atoms with Crippen molar-refractivity contribution in [2.75, 3.05) is 13.6 Å². The van der Waals surface area contributed by atoms with Crippen LogP contribution in [0.1, 0.15) is 18.4 Å². The summed E-state index contributed by atoms with van der Waals surface area (Å²) in [4.78, 5) is 0. The fourth-order valence-corrected chi connectivity index (χ4v) is 3.18. The zero-order chi connectivity index (χ0) is 14.6. The summed E-state index contributed by atoms with van der Waals surface area (Å²) in [7, 11) is -1.88. The van der Waals surface area contributed by atoms with Crippen molar-refractivity contribution in [1.82, 2.24) is 9.62 Å². The molecule has 0 radical (unpaired) electrons. The highest BCUT2D eigenvalue weighted by atomic mass is 32.2. The lowest BCUT2D eigenvalue weighted by Gasteiger charge is -2.17. The minimum Gasteiger partial charge on any atom is -0.468 e. The molecule has 0 spiro atoms. The van der Waals surface area contributed by atoms with Gasteiger partial charge in [0.1, 0.15) is 11.5 Å². The Kier molecular flexibility index (Phi) is 4.64. The minimum atomic E-state index is -3.65. The molecule has 0 unspecified atom stereocenters. The van der Waals surface area contributed by atoms with Crippen LogP contribution in [0.15, 0.2) is 44.5 Å². The van der Waals surface area contributed by atoms with Crippen LogP contribution in [-0.2, 0) is 23.1 Å². The molecule has 0 saturated heterocycles. The summed E-state index contributed by atoms with van der Waals surface area (Å²) in [5.74, 6) is 1.18. The van der Waals surface area contributed by atoms with Crippen LogP contribution in [-0.4, -0.2) is 26.3 Å². The summed E-state index contributed by atoms with van der Waals surface area (Å²) in [5.41, 5.74) is 0. The van der Waals surface area contributed by atoms with E-state index in [1.165, 1.54) is 16.6 Å². The predicted octanol–water partition coefficient (Wildman–Crippen LogP) is 1.80. The maximum absolute atomic E-state index is 12.5. The first-order chi connectivity index (χ1) is 9.57. The summed E-state index contributed by atoms with van der Waals surface area (Å²) >= 11 is 0. The van der Waals surface area contributed by atoms with Crippen molar-refractivity contribution < 1.29 is 17.3 Å². The average molecular weight is 298 g/mol. The third-order valence-corrected chi connectivity index (χ3v) is 4.64. The zero-order valence-electron chi connectivity index (χ0n) is 11.5. The second kappa shape index (κ2) is 6.25. The van der Waals surface area contributed by atoms with Crippen LogP contribution in [0, 0.1) is 0 Å².